The first-order chi connectivity index (χ1) is 12.8. The lowest BCUT2D eigenvalue weighted by Crippen LogP contribution is -2.43. The van der Waals surface area contributed by atoms with Crippen LogP contribution in [0.3, 0.4) is 0 Å². The van der Waals surface area contributed by atoms with E-state index in [2.05, 4.69) is 15.1 Å². The number of rotatable bonds is 4. The lowest BCUT2D eigenvalue weighted by Gasteiger charge is -2.31. The molecule has 0 atom stereocenters. The quantitative estimate of drug-likeness (QED) is 0.656. The fourth-order valence-electron chi connectivity index (χ4n) is 3.40. The van der Waals surface area contributed by atoms with Crippen LogP contribution >= 0.6 is 0 Å². The van der Waals surface area contributed by atoms with Gasteiger partial charge in [0.05, 0.1) is 18.7 Å². The highest BCUT2D eigenvalue weighted by atomic mass is 19.1. The van der Waals surface area contributed by atoms with Crippen LogP contribution in [0.1, 0.15) is 48.7 Å². The number of alkyl halides is 1. The van der Waals surface area contributed by atoms with Gasteiger partial charge in [0, 0.05) is 36.3 Å². The standard InChI is InChI=1S/C20H21FN4O2/c1-11(2)25-18-12(3)5-14(6-16(18)17(24-25)13(4)26)15-7-22-19(23-8-15)20(21)9-27-10-20/h5-8,11H,9-10H2,1-4H3. The number of ketones is 1. The molecule has 0 aliphatic carbocycles. The van der Waals surface area contributed by atoms with Crippen LogP contribution in [0.5, 0.6) is 0 Å². The van der Waals surface area contributed by atoms with Gasteiger partial charge in [0.2, 0.25) is 5.67 Å². The van der Waals surface area contributed by atoms with E-state index in [9.17, 15) is 9.18 Å². The highest BCUT2D eigenvalue weighted by Gasteiger charge is 2.43. The van der Waals surface area contributed by atoms with Crippen LogP contribution in [0.2, 0.25) is 0 Å². The third-order valence-electron chi connectivity index (χ3n) is 4.86. The van der Waals surface area contributed by atoms with Crippen LogP contribution in [-0.4, -0.2) is 38.7 Å². The van der Waals surface area contributed by atoms with Crippen molar-refractivity contribution in [1.82, 2.24) is 19.7 Å². The van der Waals surface area contributed by atoms with Crippen LogP contribution in [0.25, 0.3) is 22.0 Å². The van der Waals surface area contributed by atoms with Crippen molar-refractivity contribution in [2.75, 3.05) is 13.2 Å². The van der Waals surface area contributed by atoms with Gasteiger partial charge in [-0.1, -0.05) is 0 Å². The molecule has 0 unspecified atom stereocenters. The molecule has 0 amide bonds. The number of hydrogen-bond acceptors (Lipinski definition) is 5. The number of ether oxygens (including phenoxy) is 1. The number of fused-ring (bicyclic) bond motifs is 1. The minimum absolute atomic E-state index is 0.00618. The molecule has 6 nitrogen and oxygen atoms in total. The van der Waals surface area contributed by atoms with E-state index in [1.807, 2.05) is 37.6 Å². The number of Topliss-reactive ketones (excluding diaryl/α,β-unsaturated/α-hetero) is 1. The summed E-state index contributed by atoms with van der Waals surface area (Å²) in [5.41, 5.74) is 2.46. The van der Waals surface area contributed by atoms with E-state index in [1.54, 1.807) is 12.4 Å². The number of benzene rings is 1. The third kappa shape index (κ3) is 2.82. The monoisotopic (exact) mass is 368 g/mol. The van der Waals surface area contributed by atoms with E-state index in [-0.39, 0.29) is 30.9 Å². The Morgan fingerprint density at radius 1 is 1.22 bits per heavy atom. The zero-order valence-electron chi connectivity index (χ0n) is 15.8. The lowest BCUT2D eigenvalue weighted by atomic mass is 10.00. The molecule has 0 bridgehead atoms. The number of carbonyl (C=O) groups excluding carboxylic acids is 1. The fraction of sp³-hybridized carbons (Fsp3) is 0.400. The number of carbonyl (C=O) groups is 1. The predicted molar refractivity (Wildman–Crippen MR) is 99.5 cm³/mol. The Morgan fingerprint density at radius 3 is 2.41 bits per heavy atom. The van der Waals surface area contributed by atoms with Crippen LogP contribution in [0, 0.1) is 6.92 Å². The number of halogens is 1. The number of nitrogens with zero attached hydrogens (tertiary/aromatic N) is 4. The van der Waals surface area contributed by atoms with E-state index in [0.29, 0.717) is 5.69 Å². The van der Waals surface area contributed by atoms with Crippen molar-refractivity contribution in [3.8, 4) is 11.1 Å². The summed E-state index contributed by atoms with van der Waals surface area (Å²) in [5, 5.41) is 5.33. The van der Waals surface area contributed by atoms with Gasteiger partial charge in [-0.2, -0.15) is 5.10 Å². The molecule has 4 rings (SSSR count). The summed E-state index contributed by atoms with van der Waals surface area (Å²) in [6.07, 6.45) is 3.23. The van der Waals surface area contributed by atoms with Crippen molar-refractivity contribution in [2.24, 2.45) is 0 Å². The van der Waals surface area contributed by atoms with Gasteiger partial charge < -0.3 is 4.74 Å². The van der Waals surface area contributed by atoms with E-state index < -0.39 is 5.67 Å². The van der Waals surface area contributed by atoms with Crippen LogP contribution in [0.4, 0.5) is 4.39 Å². The first kappa shape index (κ1) is 17.7. The molecule has 1 fully saturated rings. The Hall–Kier alpha value is -2.67. The number of aromatic nitrogens is 4. The topological polar surface area (TPSA) is 69.9 Å². The summed E-state index contributed by atoms with van der Waals surface area (Å²) in [5.74, 6) is 0.0688. The number of aryl methyl sites for hydroxylation is 1. The van der Waals surface area contributed by atoms with Gasteiger partial charge in [-0.05, 0) is 44.0 Å². The Bertz CT molecular complexity index is 1040. The summed E-state index contributed by atoms with van der Waals surface area (Å²) < 4.78 is 21.2. The predicted octanol–water partition coefficient (Wildman–Crippen LogP) is 3.78. The van der Waals surface area contributed by atoms with E-state index in [4.69, 9.17) is 4.74 Å². The summed E-state index contributed by atoms with van der Waals surface area (Å²) in [6.45, 7) is 7.57. The maximum atomic E-state index is 14.4. The molecule has 0 saturated carbocycles. The van der Waals surface area contributed by atoms with Crippen LogP contribution in [-0.2, 0) is 10.4 Å². The Balaban J connectivity index is 1.83. The normalized spacial score (nSPS) is 15.9. The van der Waals surface area contributed by atoms with Gasteiger partial charge in [-0.15, -0.1) is 0 Å². The molecule has 0 radical (unpaired) electrons. The third-order valence-corrected chi connectivity index (χ3v) is 4.86. The molecule has 0 N–H and O–H groups in total. The van der Waals surface area contributed by atoms with Crippen molar-refractivity contribution in [3.05, 3.63) is 41.6 Å². The second-order valence-electron chi connectivity index (χ2n) is 7.39. The zero-order chi connectivity index (χ0) is 19.3. The van der Waals surface area contributed by atoms with E-state index >= 15 is 0 Å². The highest BCUT2D eigenvalue weighted by molar-refractivity contribution is 6.06. The van der Waals surface area contributed by atoms with Gasteiger partial charge >= 0.3 is 0 Å². The van der Waals surface area contributed by atoms with E-state index in [0.717, 1.165) is 27.6 Å². The van der Waals surface area contributed by atoms with Gasteiger partial charge in [0.25, 0.3) is 0 Å². The summed E-state index contributed by atoms with van der Waals surface area (Å²) >= 11 is 0. The van der Waals surface area contributed by atoms with Crippen LogP contribution < -0.4 is 0 Å². The van der Waals surface area contributed by atoms with Crippen molar-refractivity contribution in [3.63, 3.8) is 0 Å². The van der Waals surface area contributed by atoms with Gasteiger partial charge in [-0.3, -0.25) is 9.48 Å². The Morgan fingerprint density at radius 2 is 1.89 bits per heavy atom. The van der Waals surface area contributed by atoms with Gasteiger partial charge in [-0.25, -0.2) is 14.4 Å². The molecule has 0 spiro atoms. The highest BCUT2D eigenvalue weighted by Crippen LogP contribution is 2.33. The van der Waals surface area contributed by atoms with Gasteiger partial charge in [0.15, 0.2) is 11.6 Å². The van der Waals surface area contributed by atoms with Crippen molar-refractivity contribution >= 4 is 16.7 Å². The van der Waals surface area contributed by atoms with Gasteiger partial charge in [0.1, 0.15) is 5.69 Å². The second-order valence-corrected chi connectivity index (χ2v) is 7.39. The minimum atomic E-state index is -1.58. The molecule has 7 heteroatoms. The fourth-order valence-corrected chi connectivity index (χ4v) is 3.40. The maximum absolute atomic E-state index is 14.4. The first-order valence-electron chi connectivity index (χ1n) is 8.93. The molecule has 3 heterocycles. The molecule has 1 aliphatic heterocycles. The second kappa shape index (κ2) is 6.20. The summed E-state index contributed by atoms with van der Waals surface area (Å²) in [7, 11) is 0. The average molecular weight is 368 g/mol. The first-order valence-corrected chi connectivity index (χ1v) is 8.93. The SMILES string of the molecule is CC(=O)c1nn(C(C)C)c2c(C)cc(-c3cnc(C4(F)COC4)nc3)cc12. The molecule has 140 valence electrons. The van der Waals surface area contributed by atoms with E-state index in [1.165, 1.54) is 6.92 Å². The largest absolute Gasteiger partial charge is 0.374 e. The van der Waals surface area contributed by atoms with Crippen LogP contribution in [0.15, 0.2) is 24.5 Å². The lowest BCUT2D eigenvalue weighted by molar-refractivity contribution is -0.140. The minimum Gasteiger partial charge on any atom is -0.374 e. The molecule has 27 heavy (non-hydrogen) atoms. The molecule has 3 aromatic rings. The maximum Gasteiger partial charge on any atom is 0.215 e. The average Bonchev–Trinajstić information content (AvgIpc) is 3.00. The Kier molecular flexibility index (Phi) is 4.07. The number of hydrogen-bond donors (Lipinski definition) is 0. The molecular weight excluding hydrogens is 347 g/mol. The smallest absolute Gasteiger partial charge is 0.215 e. The molecule has 2 aromatic heterocycles. The van der Waals surface area contributed by atoms with Crippen molar-refractivity contribution in [2.45, 2.75) is 39.4 Å². The summed E-state index contributed by atoms with van der Waals surface area (Å²) in [6, 6.07) is 4.09. The molecule has 1 aromatic carbocycles. The zero-order valence-corrected chi connectivity index (χ0v) is 15.8. The van der Waals surface area contributed by atoms with Crippen molar-refractivity contribution < 1.29 is 13.9 Å². The molecule has 1 aliphatic rings. The van der Waals surface area contributed by atoms with Crippen molar-refractivity contribution in [1.29, 1.82) is 0 Å². The Labute approximate surface area is 156 Å². The molecular formula is C20H21FN4O2. The molecule has 1 saturated heterocycles. The summed E-state index contributed by atoms with van der Waals surface area (Å²) in [4.78, 5) is 20.5.